The lowest BCUT2D eigenvalue weighted by Gasteiger charge is -2.34. The van der Waals surface area contributed by atoms with Gasteiger partial charge in [0, 0.05) is 32.2 Å². The first-order valence-electron chi connectivity index (χ1n) is 8.95. The maximum atomic E-state index is 12.8. The second-order valence-corrected chi connectivity index (χ2v) is 7.18. The zero-order valence-corrected chi connectivity index (χ0v) is 13.8. The fourth-order valence-electron chi connectivity index (χ4n) is 3.74. The molecule has 3 rings (SSSR count). The van der Waals surface area contributed by atoms with E-state index in [4.69, 9.17) is 0 Å². The lowest BCUT2D eigenvalue weighted by atomic mass is 10.0. The molecule has 6 heteroatoms. The van der Waals surface area contributed by atoms with E-state index in [1.165, 1.54) is 25.7 Å². The zero-order chi connectivity index (χ0) is 16.3. The van der Waals surface area contributed by atoms with E-state index in [9.17, 15) is 14.4 Å². The summed E-state index contributed by atoms with van der Waals surface area (Å²) in [6.45, 7) is 2.21. The Kier molecular flexibility index (Phi) is 4.87. The maximum Gasteiger partial charge on any atom is 0.238 e. The molecule has 23 heavy (non-hydrogen) atoms. The van der Waals surface area contributed by atoms with Gasteiger partial charge in [-0.15, -0.1) is 0 Å². The minimum Gasteiger partial charge on any atom is -0.352 e. The van der Waals surface area contributed by atoms with E-state index in [-0.39, 0.29) is 17.9 Å². The van der Waals surface area contributed by atoms with E-state index < -0.39 is 5.41 Å². The molecule has 1 N–H and O–H groups in total. The molecular weight excluding hydrogens is 294 g/mol. The summed E-state index contributed by atoms with van der Waals surface area (Å²) in [6, 6.07) is 0.238. The van der Waals surface area contributed by atoms with Crippen LogP contribution < -0.4 is 5.32 Å². The van der Waals surface area contributed by atoms with Crippen LogP contribution in [-0.2, 0) is 14.4 Å². The fourth-order valence-corrected chi connectivity index (χ4v) is 3.74. The molecule has 0 aromatic heterocycles. The first kappa shape index (κ1) is 16.3. The van der Waals surface area contributed by atoms with Crippen LogP contribution >= 0.6 is 0 Å². The van der Waals surface area contributed by atoms with Crippen molar-refractivity contribution in [1.29, 1.82) is 0 Å². The number of nitrogens with zero attached hydrogens (tertiary/aromatic N) is 2. The minimum atomic E-state index is -0.810. The molecular formula is C17H27N3O3. The van der Waals surface area contributed by atoms with Gasteiger partial charge < -0.3 is 15.1 Å². The summed E-state index contributed by atoms with van der Waals surface area (Å²) >= 11 is 0. The van der Waals surface area contributed by atoms with Gasteiger partial charge in [0.05, 0.1) is 0 Å². The van der Waals surface area contributed by atoms with Crippen molar-refractivity contribution < 1.29 is 14.4 Å². The molecule has 1 heterocycles. The van der Waals surface area contributed by atoms with Crippen molar-refractivity contribution in [3.05, 3.63) is 0 Å². The molecule has 1 aliphatic heterocycles. The largest absolute Gasteiger partial charge is 0.352 e. The molecule has 2 aliphatic carbocycles. The number of hydrogen-bond acceptors (Lipinski definition) is 3. The van der Waals surface area contributed by atoms with E-state index in [0.29, 0.717) is 39.0 Å². The number of hydrogen-bond donors (Lipinski definition) is 1. The molecule has 2 saturated carbocycles. The first-order valence-corrected chi connectivity index (χ1v) is 8.95. The van der Waals surface area contributed by atoms with Gasteiger partial charge in [-0.05, 0) is 25.7 Å². The quantitative estimate of drug-likeness (QED) is 0.475. The molecule has 0 aromatic carbocycles. The standard InChI is InChI=1S/C17H27N3O3/c21-13-19-9-11-20(12-10-19)16(23)17(7-8-17)15(22)18-14-5-3-1-2-4-6-14/h13-14H,1-12H2,(H,18,22). The fraction of sp³-hybridized carbons (Fsp3) is 0.824. The third kappa shape index (κ3) is 3.51. The molecule has 0 spiro atoms. The Balaban J connectivity index is 1.56. The Morgan fingerprint density at radius 1 is 0.957 bits per heavy atom. The van der Waals surface area contributed by atoms with E-state index in [1.807, 2.05) is 0 Å². The first-order chi connectivity index (χ1) is 11.2. The van der Waals surface area contributed by atoms with Gasteiger partial charge in [-0.2, -0.15) is 0 Å². The monoisotopic (exact) mass is 321 g/mol. The highest BCUT2D eigenvalue weighted by Gasteiger charge is 2.58. The van der Waals surface area contributed by atoms with Gasteiger partial charge in [-0.1, -0.05) is 25.7 Å². The summed E-state index contributed by atoms with van der Waals surface area (Å²) in [7, 11) is 0. The SMILES string of the molecule is O=CN1CCN(C(=O)C2(C(=O)NC3CCCCCC3)CC2)CC1. The molecule has 1 saturated heterocycles. The predicted octanol–water partition coefficient (Wildman–Crippen LogP) is 0.906. The van der Waals surface area contributed by atoms with Gasteiger partial charge in [0.15, 0.2) is 0 Å². The highest BCUT2D eigenvalue weighted by atomic mass is 16.2. The summed E-state index contributed by atoms with van der Waals surface area (Å²) in [5.41, 5.74) is -0.810. The Hall–Kier alpha value is -1.59. The van der Waals surface area contributed by atoms with Crippen LogP contribution in [0, 0.1) is 5.41 Å². The molecule has 0 aromatic rings. The zero-order valence-electron chi connectivity index (χ0n) is 13.8. The lowest BCUT2D eigenvalue weighted by Crippen LogP contribution is -2.53. The third-order valence-electron chi connectivity index (χ3n) is 5.53. The van der Waals surface area contributed by atoms with Crippen LogP contribution in [0.5, 0.6) is 0 Å². The van der Waals surface area contributed by atoms with Crippen LogP contribution in [-0.4, -0.2) is 60.2 Å². The molecule has 0 radical (unpaired) electrons. The Morgan fingerprint density at radius 3 is 2.09 bits per heavy atom. The lowest BCUT2D eigenvalue weighted by molar-refractivity contribution is -0.146. The average Bonchev–Trinajstić information content (AvgIpc) is 3.40. The molecule has 0 unspecified atom stereocenters. The van der Waals surface area contributed by atoms with Gasteiger partial charge >= 0.3 is 0 Å². The van der Waals surface area contributed by atoms with Crippen molar-refractivity contribution in [2.45, 2.75) is 57.4 Å². The van der Waals surface area contributed by atoms with E-state index in [0.717, 1.165) is 19.3 Å². The molecule has 3 aliphatic rings. The number of carbonyl (C=O) groups is 3. The summed E-state index contributed by atoms with van der Waals surface area (Å²) in [4.78, 5) is 39.7. The highest BCUT2D eigenvalue weighted by Crippen LogP contribution is 2.48. The summed E-state index contributed by atoms with van der Waals surface area (Å²) < 4.78 is 0. The third-order valence-corrected chi connectivity index (χ3v) is 5.53. The number of rotatable bonds is 4. The normalized spacial score (nSPS) is 24.7. The maximum absolute atomic E-state index is 12.8. The molecule has 0 bridgehead atoms. The van der Waals surface area contributed by atoms with Crippen LogP contribution in [0.1, 0.15) is 51.4 Å². The minimum absolute atomic E-state index is 0.0332. The Labute approximate surface area is 137 Å². The van der Waals surface area contributed by atoms with Crippen LogP contribution in [0.3, 0.4) is 0 Å². The smallest absolute Gasteiger partial charge is 0.238 e. The summed E-state index contributed by atoms with van der Waals surface area (Å²) in [6.07, 6.45) is 9.06. The van der Waals surface area contributed by atoms with Gasteiger partial charge in [0.25, 0.3) is 0 Å². The van der Waals surface area contributed by atoms with Gasteiger partial charge in [0.1, 0.15) is 5.41 Å². The molecule has 3 amide bonds. The number of nitrogens with one attached hydrogen (secondary N) is 1. The van der Waals surface area contributed by atoms with Crippen LogP contribution in [0.2, 0.25) is 0 Å². The van der Waals surface area contributed by atoms with Crippen molar-refractivity contribution in [3.63, 3.8) is 0 Å². The van der Waals surface area contributed by atoms with Crippen LogP contribution in [0.15, 0.2) is 0 Å². The molecule has 0 atom stereocenters. The van der Waals surface area contributed by atoms with Gasteiger partial charge in [-0.25, -0.2) is 0 Å². The van der Waals surface area contributed by atoms with E-state index in [2.05, 4.69) is 5.32 Å². The average molecular weight is 321 g/mol. The van der Waals surface area contributed by atoms with E-state index >= 15 is 0 Å². The molecule has 128 valence electrons. The van der Waals surface area contributed by atoms with Crippen molar-refractivity contribution in [1.82, 2.24) is 15.1 Å². The van der Waals surface area contributed by atoms with Crippen molar-refractivity contribution in [2.75, 3.05) is 26.2 Å². The van der Waals surface area contributed by atoms with Gasteiger partial charge in [0.2, 0.25) is 18.2 Å². The highest BCUT2D eigenvalue weighted by molar-refractivity contribution is 6.08. The molecule has 3 fully saturated rings. The Bertz CT molecular complexity index is 460. The molecule has 6 nitrogen and oxygen atoms in total. The topological polar surface area (TPSA) is 69.7 Å². The van der Waals surface area contributed by atoms with Crippen molar-refractivity contribution in [3.8, 4) is 0 Å². The van der Waals surface area contributed by atoms with E-state index in [1.54, 1.807) is 9.80 Å². The predicted molar refractivity (Wildman–Crippen MR) is 85.5 cm³/mol. The number of carbonyl (C=O) groups excluding carboxylic acids is 3. The summed E-state index contributed by atoms with van der Waals surface area (Å²) in [5.74, 6) is -0.0959. The second kappa shape index (κ2) is 6.89. The number of piperazine rings is 1. The number of amides is 3. The van der Waals surface area contributed by atoms with Crippen molar-refractivity contribution in [2.24, 2.45) is 5.41 Å². The van der Waals surface area contributed by atoms with Crippen LogP contribution in [0.25, 0.3) is 0 Å². The second-order valence-electron chi connectivity index (χ2n) is 7.18. The Morgan fingerprint density at radius 2 is 1.57 bits per heavy atom. The summed E-state index contributed by atoms with van der Waals surface area (Å²) in [5, 5.41) is 3.15. The van der Waals surface area contributed by atoms with Crippen LogP contribution in [0.4, 0.5) is 0 Å². The van der Waals surface area contributed by atoms with Gasteiger partial charge in [-0.3, -0.25) is 14.4 Å². The van der Waals surface area contributed by atoms with Crippen molar-refractivity contribution >= 4 is 18.2 Å².